The second-order valence-corrected chi connectivity index (χ2v) is 5.59. The SMILES string of the molecule is N[C@@H](Cc1cnc[nH]1)C(=O)NCC(=O)c1ccc2ccccc2c1. The largest absolute Gasteiger partial charge is 0.348 e. The van der Waals surface area contributed by atoms with Crippen LogP contribution >= 0.6 is 0 Å². The Kier molecular flexibility index (Phi) is 4.67. The van der Waals surface area contributed by atoms with Gasteiger partial charge in [-0.1, -0.05) is 36.4 Å². The van der Waals surface area contributed by atoms with Crippen molar-refractivity contribution in [1.82, 2.24) is 15.3 Å². The van der Waals surface area contributed by atoms with Gasteiger partial charge in [0, 0.05) is 23.9 Å². The third kappa shape index (κ3) is 3.67. The van der Waals surface area contributed by atoms with Crippen LogP contribution in [-0.4, -0.2) is 34.2 Å². The number of ketones is 1. The summed E-state index contributed by atoms with van der Waals surface area (Å²) >= 11 is 0. The predicted molar refractivity (Wildman–Crippen MR) is 91.6 cm³/mol. The first-order chi connectivity index (χ1) is 11.6. The molecule has 6 heteroatoms. The number of rotatable bonds is 6. The summed E-state index contributed by atoms with van der Waals surface area (Å²) in [6, 6.07) is 12.6. The van der Waals surface area contributed by atoms with Gasteiger partial charge in [-0.2, -0.15) is 0 Å². The van der Waals surface area contributed by atoms with E-state index in [9.17, 15) is 9.59 Å². The first kappa shape index (κ1) is 15.9. The summed E-state index contributed by atoms with van der Waals surface area (Å²) in [5, 5.41) is 4.65. The van der Waals surface area contributed by atoms with E-state index in [1.807, 2.05) is 36.4 Å². The van der Waals surface area contributed by atoms with Crippen molar-refractivity contribution in [3.8, 4) is 0 Å². The minimum absolute atomic E-state index is 0.0755. The van der Waals surface area contributed by atoms with Crippen LogP contribution in [0.5, 0.6) is 0 Å². The van der Waals surface area contributed by atoms with Crippen molar-refractivity contribution in [2.75, 3.05) is 6.54 Å². The Hall–Kier alpha value is -2.99. The van der Waals surface area contributed by atoms with Crippen LogP contribution in [0, 0.1) is 0 Å². The number of benzene rings is 2. The fourth-order valence-corrected chi connectivity index (χ4v) is 2.49. The highest BCUT2D eigenvalue weighted by molar-refractivity contribution is 6.02. The second kappa shape index (κ2) is 7.06. The number of carbonyl (C=O) groups excluding carboxylic acids is 2. The summed E-state index contributed by atoms with van der Waals surface area (Å²) < 4.78 is 0. The van der Waals surface area contributed by atoms with E-state index >= 15 is 0 Å². The quantitative estimate of drug-likeness (QED) is 0.598. The van der Waals surface area contributed by atoms with Crippen molar-refractivity contribution in [3.05, 3.63) is 66.2 Å². The number of H-pyrrole nitrogens is 1. The van der Waals surface area contributed by atoms with Crippen LogP contribution in [0.25, 0.3) is 10.8 Å². The van der Waals surface area contributed by atoms with Gasteiger partial charge in [0.1, 0.15) is 0 Å². The van der Waals surface area contributed by atoms with Gasteiger partial charge in [-0.05, 0) is 16.8 Å². The third-order valence-electron chi connectivity index (χ3n) is 3.83. The van der Waals surface area contributed by atoms with E-state index in [1.54, 1.807) is 12.3 Å². The highest BCUT2D eigenvalue weighted by atomic mass is 16.2. The molecule has 0 aliphatic heterocycles. The molecule has 0 saturated carbocycles. The van der Waals surface area contributed by atoms with Crippen LogP contribution in [0.15, 0.2) is 55.0 Å². The number of nitrogens with zero attached hydrogens (tertiary/aromatic N) is 1. The molecule has 122 valence electrons. The lowest BCUT2D eigenvalue weighted by Gasteiger charge is -2.11. The normalized spacial score (nSPS) is 12.0. The number of hydrogen-bond donors (Lipinski definition) is 3. The van der Waals surface area contributed by atoms with Gasteiger partial charge in [-0.25, -0.2) is 4.98 Å². The number of nitrogens with one attached hydrogen (secondary N) is 2. The molecule has 4 N–H and O–H groups in total. The third-order valence-corrected chi connectivity index (χ3v) is 3.83. The number of imidazole rings is 1. The van der Waals surface area contributed by atoms with E-state index < -0.39 is 6.04 Å². The van der Waals surface area contributed by atoms with E-state index in [-0.39, 0.29) is 18.2 Å². The summed E-state index contributed by atoms with van der Waals surface area (Å²) in [4.78, 5) is 31.0. The molecule has 1 aromatic heterocycles. The Morgan fingerprint density at radius 2 is 1.96 bits per heavy atom. The molecule has 0 unspecified atom stereocenters. The predicted octanol–water partition coefficient (Wildman–Crippen LogP) is 1.43. The number of aromatic nitrogens is 2. The van der Waals surface area contributed by atoms with E-state index in [2.05, 4.69) is 15.3 Å². The molecule has 1 amide bonds. The highest BCUT2D eigenvalue weighted by Crippen LogP contribution is 2.15. The fourth-order valence-electron chi connectivity index (χ4n) is 2.49. The smallest absolute Gasteiger partial charge is 0.237 e. The summed E-state index contributed by atoms with van der Waals surface area (Å²) in [5.74, 6) is -0.512. The monoisotopic (exact) mass is 322 g/mol. The average molecular weight is 322 g/mol. The standard InChI is InChI=1S/C18H18N4O2/c19-16(8-15-9-20-11-22-15)18(24)21-10-17(23)14-6-5-12-3-1-2-4-13(12)7-14/h1-7,9,11,16H,8,10,19H2,(H,20,22)(H,21,24)/t16-/m0/s1. The zero-order valence-electron chi connectivity index (χ0n) is 13.0. The van der Waals surface area contributed by atoms with Crippen molar-refractivity contribution >= 4 is 22.5 Å². The lowest BCUT2D eigenvalue weighted by atomic mass is 10.0. The molecule has 0 saturated heterocycles. The Bertz CT molecular complexity index is 858. The second-order valence-electron chi connectivity index (χ2n) is 5.59. The molecular weight excluding hydrogens is 304 g/mol. The van der Waals surface area contributed by atoms with Crippen LogP contribution < -0.4 is 11.1 Å². The first-order valence-corrected chi connectivity index (χ1v) is 7.66. The van der Waals surface area contributed by atoms with E-state index in [0.717, 1.165) is 16.5 Å². The minimum atomic E-state index is -0.727. The van der Waals surface area contributed by atoms with Crippen molar-refractivity contribution in [3.63, 3.8) is 0 Å². The van der Waals surface area contributed by atoms with E-state index in [1.165, 1.54) is 6.33 Å². The summed E-state index contributed by atoms with van der Waals surface area (Å²) in [6.45, 7) is -0.0755. The number of nitrogens with two attached hydrogens (primary N) is 1. The Labute approximate surface area is 139 Å². The molecule has 0 radical (unpaired) electrons. The van der Waals surface area contributed by atoms with Crippen molar-refractivity contribution < 1.29 is 9.59 Å². The molecule has 3 rings (SSSR count). The minimum Gasteiger partial charge on any atom is -0.348 e. The van der Waals surface area contributed by atoms with E-state index in [0.29, 0.717) is 12.0 Å². The molecule has 0 aliphatic carbocycles. The summed E-state index contributed by atoms with van der Waals surface area (Å²) in [5.41, 5.74) is 7.18. The number of aromatic amines is 1. The van der Waals surface area contributed by atoms with E-state index in [4.69, 9.17) is 5.73 Å². The fraction of sp³-hybridized carbons (Fsp3) is 0.167. The van der Waals surface area contributed by atoms with Crippen LogP contribution in [0.2, 0.25) is 0 Å². The molecule has 0 fully saturated rings. The maximum absolute atomic E-state index is 12.3. The van der Waals surface area contributed by atoms with Gasteiger partial charge in [0.05, 0.1) is 18.9 Å². The first-order valence-electron chi connectivity index (χ1n) is 7.66. The lowest BCUT2D eigenvalue weighted by Crippen LogP contribution is -2.43. The van der Waals surface area contributed by atoms with Gasteiger partial charge in [-0.3, -0.25) is 9.59 Å². The molecule has 3 aromatic rings. The number of hydrogen-bond acceptors (Lipinski definition) is 4. The molecule has 1 atom stereocenters. The highest BCUT2D eigenvalue weighted by Gasteiger charge is 2.16. The molecule has 0 spiro atoms. The van der Waals surface area contributed by atoms with Gasteiger partial charge in [0.25, 0.3) is 0 Å². The zero-order valence-corrected chi connectivity index (χ0v) is 13.0. The van der Waals surface area contributed by atoms with Crippen LogP contribution in [0.3, 0.4) is 0 Å². The molecular formula is C18H18N4O2. The molecule has 1 heterocycles. The number of fused-ring (bicyclic) bond motifs is 1. The topological polar surface area (TPSA) is 101 Å². The Morgan fingerprint density at radius 3 is 2.71 bits per heavy atom. The maximum Gasteiger partial charge on any atom is 0.237 e. The zero-order chi connectivity index (χ0) is 16.9. The van der Waals surface area contributed by atoms with Gasteiger partial charge in [0.15, 0.2) is 5.78 Å². The number of Topliss-reactive ketones (excluding diaryl/α,β-unsaturated/α-hetero) is 1. The molecule has 0 bridgehead atoms. The van der Waals surface area contributed by atoms with Crippen molar-refractivity contribution in [2.45, 2.75) is 12.5 Å². The Morgan fingerprint density at radius 1 is 1.17 bits per heavy atom. The number of carbonyl (C=O) groups is 2. The molecule has 24 heavy (non-hydrogen) atoms. The van der Waals surface area contributed by atoms with Crippen LogP contribution in [-0.2, 0) is 11.2 Å². The van der Waals surface area contributed by atoms with Gasteiger partial charge in [-0.15, -0.1) is 0 Å². The molecule has 2 aromatic carbocycles. The average Bonchev–Trinajstić information content (AvgIpc) is 3.11. The Balaban J connectivity index is 1.58. The maximum atomic E-state index is 12.3. The van der Waals surface area contributed by atoms with Gasteiger partial charge >= 0.3 is 0 Å². The van der Waals surface area contributed by atoms with Gasteiger partial charge < -0.3 is 16.0 Å². The lowest BCUT2D eigenvalue weighted by molar-refractivity contribution is -0.122. The summed E-state index contributed by atoms with van der Waals surface area (Å²) in [7, 11) is 0. The number of amides is 1. The van der Waals surface area contributed by atoms with Crippen LogP contribution in [0.4, 0.5) is 0 Å². The van der Waals surface area contributed by atoms with Crippen molar-refractivity contribution in [1.29, 1.82) is 0 Å². The van der Waals surface area contributed by atoms with Gasteiger partial charge in [0.2, 0.25) is 5.91 Å². The van der Waals surface area contributed by atoms with Crippen molar-refractivity contribution in [2.24, 2.45) is 5.73 Å². The summed E-state index contributed by atoms with van der Waals surface area (Å²) in [6.07, 6.45) is 3.49. The van der Waals surface area contributed by atoms with Crippen LogP contribution in [0.1, 0.15) is 16.1 Å². The molecule has 0 aliphatic rings. The molecule has 6 nitrogen and oxygen atoms in total.